The molecule has 1 aromatic heterocycles. The molecule has 1 saturated heterocycles. The van der Waals surface area contributed by atoms with Gasteiger partial charge in [-0.1, -0.05) is 42.5 Å². The molecule has 29 heavy (non-hydrogen) atoms. The molecule has 1 aliphatic rings. The van der Waals surface area contributed by atoms with Crippen LogP contribution in [0.3, 0.4) is 0 Å². The van der Waals surface area contributed by atoms with E-state index in [1.165, 1.54) is 0 Å². The molecule has 1 amide bonds. The zero-order valence-corrected chi connectivity index (χ0v) is 16.8. The van der Waals surface area contributed by atoms with Gasteiger partial charge < -0.3 is 9.64 Å². The monoisotopic (exact) mass is 389 g/mol. The molecule has 150 valence electrons. The average molecular weight is 389 g/mol. The van der Waals surface area contributed by atoms with E-state index in [9.17, 15) is 4.79 Å². The lowest BCUT2D eigenvalue weighted by atomic mass is 9.90. The highest BCUT2D eigenvalue weighted by atomic mass is 16.5. The van der Waals surface area contributed by atoms with Crippen molar-refractivity contribution < 1.29 is 9.53 Å². The Balaban J connectivity index is 1.41. The quantitative estimate of drug-likeness (QED) is 0.679. The van der Waals surface area contributed by atoms with E-state index in [2.05, 4.69) is 22.3 Å². The van der Waals surface area contributed by atoms with Crippen LogP contribution in [0.1, 0.15) is 36.4 Å². The first-order chi connectivity index (χ1) is 14.2. The summed E-state index contributed by atoms with van der Waals surface area (Å²) in [5.41, 5.74) is 4.58. The van der Waals surface area contributed by atoms with Gasteiger partial charge in [-0.2, -0.15) is 5.10 Å². The van der Waals surface area contributed by atoms with Crippen LogP contribution in [-0.4, -0.2) is 41.2 Å². The number of nitrogens with one attached hydrogen (secondary N) is 1. The number of hydrogen-bond acceptors (Lipinski definition) is 3. The molecule has 0 aliphatic carbocycles. The summed E-state index contributed by atoms with van der Waals surface area (Å²) < 4.78 is 5.28. The Morgan fingerprint density at radius 2 is 2.07 bits per heavy atom. The van der Waals surface area contributed by atoms with Gasteiger partial charge in [0, 0.05) is 36.7 Å². The molecular weight excluding hydrogens is 362 g/mol. The zero-order valence-electron chi connectivity index (χ0n) is 16.8. The van der Waals surface area contributed by atoms with Gasteiger partial charge in [-0.3, -0.25) is 9.89 Å². The predicted octanol–water partition coefficient (Wildman–Crippen LogP) is 4.42. The maximum Gasteiger partial charge on any atom is 0.222 e. The van der Waals surface area contributed by atoms with Crippen LogP contribution in [0.2, 0.25) is 0 Å². The van der Waals surface area contributed by atoms with E-state index >= 15 is 0 Å². The van der Waals surface area contributed by atoms with Gasteiger partial charge in [-0.15, -0.1) is 0 Å². The number of hydrogen-bond donors (Lipinski definition) is 1. The molecule has 1 fully saturated rings. The molecule has 4 rings (SSSR count). The minimum Gasteiger partial charge on any atom is -0.497 e. The van der Waals surface area contributed by atoms with Crippen molar-refractivity contribution in [2.75, 3.05) is 20.2 Å². The lowest BCUT2D eigenvalue weighted by molar-refractivity contribution is -0.132. The Bertz CT molecular complexity index is 952. The van der Waals surface area contributed by atoms with Gasteiger partial charge in [0.15, 0.2) is 0 Å². The van der Waals surface area contributed by atoms with Crippen molar-refractivity contribution in [1.82, 2.24) is 15.1 Å². The number of ether oxygens (including phenoxy) is 1. The molecule has 2 aromatic carbocycles. The highest BCUT2D eigenvalue weighted by Gasteiger charge is 2.27. The van der Waals surface area contributed by atoms with Crippen LogP contribution in [0.25, 0.3) is 11.1 Å². The van der Waals surface area contributed by atoms with Crippen molar-refractivity contribution in [3.63, 3.8) is 0 Å². The average Bonchev–Trinajstić information content (AvgIpc) is 3.28. The molecule has 5 nitrogen and oxygen atoms in total. The fourth-order valence-electron chi connectivity index (χ4n) is 4.13. The summed E-state index contributed by atoms with van der Waals surface area (Å²) >= 11 is 0. The van der Waals surface area contributed by atoms with Gasteiger partial charge in [-0.05, 0) is 42.5 Å². The van der Waals surface area contributed by atoms with Gasteiger partial charge in [0.1, 0.15) is 5.75 Å². The number of benzene rings is 2. The molecule has 0 bridgehead atoms. The summed E-state index contributed by atoms with van der Waals surface area (Å²) in [6.45, 7) is 1.58. The Morgan fingerprint density at radius 1 is 1.21 bits per heavy atom. The smallest absolute Gasteiger partial charge is 0.222 e. The van der Waals surface area contributed by atoms with Crippen molar-refractivity contribution in [3.05, 3.63) is 72.1 Å². The standard InChI is InChI=1S/C24H27N3O2/c1-29-21-11-5-7-18(15-21)12-13-23(28)27-14-6-10-20(17-27)24-22(16-25-26-24)19-8-3-2-4-9-19/h2-5,7-9,11,15-16,20H,6,10,12-14,17H2,1H3,(H,25,26)/t20-/m1/s1. The number of H-pyrrole nitrogens is 1. The van der Waals surface area contributed by atoms with Crippen LogP contribution in [0.4, 0.5) is 0 Å². The summed E-state index contributed by atoms with van der Waals surface area (Å²) in [7, 11) is 1.66. The molecule has 1 atom stereocenters. The SMILES string of the molecule is COc1cccc(CCC(=O)N2CCC[C@@H](c3[nH]ncc3-c3ccccc3)C2)c1. The first-order valence-corrected chi connectivity index (χ1v) is 10.2. The lowest BCUT2D eigenvalue weighted by Crippen LogP contribution is -2.39. The number of carbonyl (C=O) groups is 1. The first kappa shape index (κ1) is 19.2. The van der Waals surface area contributed by atoms with Crippen molar-refractivity contribution >= 4 is 5.91 Å². The van der Waals surface area contributed by atoms with E-state index in [1.807, 2.05) is 53.6 Å². The third-order valence-corrected chi connectivity index (χ3v) is 5.70. The number of amides is 1. The number of rotatable bonds is 6. The van der Waals surface area contributed by atoms with Gasteiger partial charge in [0.25, 0.3) is 0 Å². The highest BCUT2D eigenvalue weighted by molar-refractivity contribution is 5.77. The maximum absolute atomic E-state index is 12.9. The number of aromatic nitrogens is 2. The third kappa shape index (κ3) is 4.50. The van der Waals surface area contributed by atoms with Gasteiger partial charge in [-0.25, -0.2) is 0 Å². The lowest BCUT2D eigenvalue weighted by Gasteiger charge is -2.33. The first-order valence-electron chi connectivity index (χ1n) is 10.2. The normalized spacial score (nSPS) is 16.6. The molecule has 2 heterocycles. The Hall–Kier alpha value is -3.08. The summed E-state index contributed by atoms with van der Waals surface area (Å²) in [6.07, 6.45) is 5.24. The second-order valence-electron chi connectivity index (χ2n) is 7.59. The van der Waals surface area contributed by atoms with Crippen LogP contribution in [0.15, 0.2) is 60.8 Å². The second-order valence-corrected chi connectivity index (χ2v) is 7.59. The third-order valence-electron chi connectivity index (χ3n) is 5.70. The van der Waals surface area contributed by atoms with E-state index in [1.54, 1.807) is 7.11 Å². The van der Waals surface area contributed by atoms with Crippen molar-refractivity contribution in [2.24, 2.45) is 0 Å². The highest BCUT2D eigenvalue weighted by Crippen LogP contribution is 2.33. The summed E-state index contributed by atoms with van der Waals surface area (Å²) in [4.78, 5) is 14.9. The largest absolute Gasteiger partial charge is 0.497 e. The molecule has 0 spiro atoms. The number of likely N-dealkylation sites (tertiary alicyclic amines) is 1. The van der Waals surface area contributed by atoms with Crippen molar-refractivity contribution in [1.29, 1.82) is 0 Å². The van der Waals surface area contributed by atoms with Gasteiger partial charge in [0.05, 0.1) is 13.3 Å². The Kier molecular flexibility index (Phi) is 5.94. The molecule has 1 aliphatic heterocycles. The van der Waals surface area contributed by atoms with Gasteiger partial charge in [0.2, 0.25) is 5.91 Å². The van der Waals surface area contributed by atoms with E-state index in [-0.39, 0.29) is 5.91 Å². The second kappa shape index (κ2) is 8.95. The maximum atomic E-state index is 12.9. The van der Waals surface area contributed by atoms with E-state index in [0.29, 0.717) is 12.3 Å². The van der Waals surface area contributed by atoms with Crippen LogP contribution < -0.4 is 4.74 Å². The molecule has 1 N–H and O–H groups in total. The number of aryl methyl sites for hydroxylation is 1. The molecule has 5 heteroatoms. The number of aromatic amines is 1. The number of methoxy groups -OCH3 is 1. The fourth-order valence-corrected chi connectivity index (χ4v) is 4.13. The van der Waals surface area contributed by atoms with Crippen LogP contribution >= 0.6 is 0 Å². The van der Waals surface area contributed by atoms with Crippen LogP contribution in [0.5, 0.6) is 5.75 Å². The summed E-state index contributed by atoms with van der Waals surface area (Å²) in [6, 6.07) is 18.3. The molecular formula is C24H27N3O2. The van der Waals surface area contributed by atoms with E-state index < -0.39 is 0 Å². The van der Waals surface area contributed by atoms with Crippen LogP contribution in [0, 0.1) is 0 Å². The Morgan fingerprint density at radius 3 is 2.90 bits per heavy atom. The number of carbonyl (C=O) groups excluding carboxylic acids is 1. The molecule has 0 saturated carbocycles. The van der Waals surface area contributed by atoms with E-state index in [4.69, 9.17) is 4.74 Å². The Labute approximate surface area is 171 Å². The molecule has 3 aromatic rings. The van der Waals surface area contributed by atoms with Crippen molar-refractivity contribution in [3.8, 4) is 16.9 Å². The molecule has 0 radical (unpaired) electrons. The minimum absolute atomic E-state index is 0.221. The molecule has 0 unspecified atom stereocenters. The minimum atomic E-state index is 0.221. The summed E-state index contributed by atoms with van der Waals surface area (Å²) in [5, 5.41) is 7.50. The predicted molar refractivity (Wildman–Crippen MR) is 114 cm³/mol. The summed E-state index contributed by atoms with van der Waals surface area (Å²) in [5.74, 6) is 1.35. The van der Waals surface area contributed by atoms with Gasteiger partial charge >= 0.3 is 0 Å². The number of piperidine rings is 1. The van der Waals surface area contributed by atoms with Crippen LogP contribution in [-0.2, 0) is 11.2 Å². The topological polar surface area (TPSA) is 58.2 Å². The fraction of sp³-hybridized carbons (Fsp3) is 0.333. The van der Waals surface area contributed by atoms with E-state index in [0.717, 1.165) is 60.5 Å². The number of nitrogens with zero attached hydrogens (tertiary/aromatic N) is 2. The van der Waals surface area contributed by atoms with Crippen molar-refractivity contribution in [2.45, 2.75) is 31.6 Å². The zero-order chi connectivity index (χ0) is 20.1.